The molecule has 10 nitrogen and oxygen atoms in total. The van der Waals surface area contributed by atoms with Crippen LogP contribution in [0.25, 0.3) is 32.9 Å². The Labute approximate surface area is 296 Å². The first-order valence-corrected chi connectivity index (χ1v) is 18.2. The van der Waals surface area contributed by atoms with Crippen LogP contribution in [0.15, 0.2) is 30.5 Å². The summed E-state index contributed by atoms with van der Waals surface area (Å²) in [6.45, 7) is 6.42. The fourth-order valence-corrected chi connectivity index (χ4v) is 9.42. The molecule has 3 unspecified atom stereocenters. The number of nitriles is 1. The van der Waals surface area contributed by atoms with Gasteiger partial charge in [0.05, 0.1) is 42.8 Å². The van der Waals surface area contributed by atoms with E-state index in [0.717, 1.165) is 51.5 Å². The average molecular weight is 699 g/mol. The van der Waals surface area contributed by atoms with Crippen LogP contribution in [0.3, 0.4) is 0 Å². The van der Waals surface area contributed by atoms with E-state index in [4.69, 9.17) is 14.5 Å². The molecular formula is C39H44F2N6O4. The lowest BCUT2D eigenvalue weighted by Crippen LogP contribution is -2.60. The van der Waals surface area contributed by atoms with Crippen LogP contribution in [0, 0.1) is 33.8 Å². The van der Waals surface area contributed by atoms with Crippen molar-refractivity contribution < 1.29 is 28.5 Å². The predicted molar refractivity (Wildman–Crippen MR) is 189 cm³/mol. The number of aromatic hydroxyl groups is 1. The number of nitrogens with zero attached hydrogens (tertiary/aromatic N) is 6. The molecule has 8 rings (SSSR count). The van der Waals surface area contributed by atoms with Gasteiger partial charge in [0.2, 0.25) is 0 Å². The summed E-state index contributed by atoms with van der Waals surface area (Å²) in [6.07, 6.45) is 8.07. The number of hydrogen-bond acceptors (Lipinski definition) is 10. The lowest BCUT2D eigenvalue weighted by molar-refractivity contribution is -0.0629. The summed E-state index contributed by atoms with van der Waals surface area (Å²) in [5, 5.41) is 32.3. The third-order valence-electron chi connectivity index (χ3n) is 11.9. The Balaban J connectivity index is 1.20. The first-order chi connectivity index (χ1) is 24.6. The molecule has 0 amide bonds. The van der Waals surface area contributed by atoms with Crippen LogP contribution >= 0.6 is 0 Å². The standard InChI is InChI=1S/C39H44F2N6O4/c1-3-27-30(40)8-7-23-14-25(48)15-28(32(23)27)34-33(41)35-29(18-43-34)36(46-12-13-50-20-26(49)19-46)45-37(44-35)51-22-39-9-4-6-31(39)47(11-5-10-39)24-16-38(2,17-24)21-42/h7-8,14-15,18,24,26,31,48-49H,3-6,9-13,16-17,19-20,22H2,1-2H3. The van der Waals surface area contributed by atoms with Gasteiger partial charge in [-0.05, 0) is 92.9 Å². The highest BCUT2D eigenvalue weighted by atomic mass is 19.1. The van der Waals surface area contributed by atoms with E-state index in [1.807, 2.05) is 18.7 Å². The Morgan fingerprint density at radius 2 is 1.96 bits per heavy atom. The van der Waals surface area contributed by atoms with Crippen molar-refractivity contribution in [2.45, 2.75) is 83.4 Å². The zero-order chi connectivity index (χ0) is 35.5. The van der Waals surface area contributed by atoms with Crippen LogP contribution in [-0.2, 0) is 11.2 Å². The van der Waals surface area contributed by atoms with Crippen LogP contribution in [0.5, 0.6) is 11.8 Å². The number of piperidine rings is 1. The zero-order valence-electron chi connectivity index (χ0n) is 29.2. The van der Waals surface area contributed by atoms with Gasteiger partial charge in [0.15, 0.2) is 5.82 Å². The molecule has 51 heavy (non-hydrogen) atoms. The lowest BCUT2D eigenvalue weighted by atomic mass is 9.65. The summed E-state index contributed by atoms with van der Waals surface area (Å²) >= 11 is 0. The number of fused-ring (bicyclic) bond motifs is 3. The number of likely N-dealkylation sites (tertiary alicyclic amines) is 1. The van der Waals surface area contributed by atoms with Crippen molar-refractivity contribution in [3.05, 3.63) is 47.7 Å². The number of aromatic nitrogens is 3. The summed E-state index contributed by atoms with van der Waals surface area (Å²) < 4.78 is 44.2. The first-order valence-electron chi connectivity index (χ1n) is 18.2. The molecule has 2 aliphatic heterocycles. The topological polar surface area (TPSA) is 128 Å². The molecule has 4 aromatic rings. The molecule has 0 bridgehead atoms. The van der Waals surface area contributed by atoms with Gasteiger partial charge in [-0.25, -0.2) is 8.78 Å². The second kappa shape index (κ2) is 13.1. The van der Waals surface area contributed by atoms with Crippen LogP contribution in [-0.4, -0.2) is 87.7 Å². The SMILES string of the molecule is CCc1c(F)ccc2cc(O)cc(-c3ncc4c(N5CCOCC(O)C5)nc(OCC56CCCC5N(C5CC(C)(C#N)C5)CCC6)nc4c3F)c12. The molecule has 2 saturated carbocycles. The monoisotopic (exact) mass is 698 g/mol. The largest absolute Gasteiger partial charge is 0.508 e. The molecule has 2 aromatic carbocycles. The third-order valence-corrected chi connectivity index (χ3v) is 11.9. The van der Waals surface area contributed by atoms with Gasteiger partial charge in [-0.1, -0.05) is 19.4 Å². The quantitative estimate of drug-likeness (QED) is 0.227. The number of β-amino-alcohol motifs (C(OH)–C–C–N with tert-alkyl or cyclic N) is 1. The van der Waals surface area contributed by atoms with Gasteiger partial charge in [-0.2, -0.15) is 15.2 Å². The van der Waals surface area contributed by atoms with Crippen molar-refractivity contribution in [1.29, 1.82) is 5.26 Å². The fraction of sp³-hybridized carbons (Fsp3) is 0.538. The number of aryl methyl sites for hydroxylation is 1. The number of aliphatic hydroxyl groups is 1. The number of phenolic OH excluding ortho intramolecular Hbond substituents is 1. The Morgan fingerprint density at radius 1 is 1.14 bits per heavy atom. The van der Waals surface area contributed by atoms with Gasteiger partial charge in [-0.3, -0.25) is 9.88 Å². The molecule has 2 N–H and O–H groups in total. The van der Waals surface area contributed by atoms with Gasteiger partial charge >= 0.3 is 6.01 Å². The summed E-state index contributed by atoms with van der Waals surface area (Å²) in [5.74, 6) is -0.862. The van der Waals surface area contributed by atoms with E-state index in [0.29, 0.717) is 65.8 Å². The van der Waals surface area contributed by atoms with E-state index in [9.17, 15) is 15.5 Å². The number of phenols is 1. The van der Waals surface area contributed by atoms with Crippen molar-refractivity contribution >= 4 is 27.5 Å². The van der Waals surface area contributed by atoms with Crippen LogP contribution < -0.4 is 9.64 Å². The molecule has 12 heteroatoms. The van der Waals surface area contributed by atoms with Crippen molar-refractivity contribution in [3.63, 3.8) is 0 Å². The minimum Gasteiger partial charge on any atom is -0.508 e. The van der Waals surface area contributed by atoms with E-state index in [1.165, 1.54) is 24.4 Å². The molecule has 3 atom stereocenters. The van der Waals surface area contributed by atoms with Crippen LogP contribution in [0.2, 0.25) is 0 Å². The smallest absolute Gasteiger partial charge is 0.319 e. The van der Waals surface area contributed by atoms with Crippen molar-refractivity contribution in [2.75, 3.05) is 44.4 Å². The van der Waals surface area contributed by atoms with Crippen molar-refractivity contribution in [2.24, 2.45) is 10.8 Å². The summed E-state index contributed by atoms with van der Waals surface area (Å²) in [6, 6.07) is 9.12. The Kier molecular flexibility index (Phi) is 8.72. The van der Waals surface area contributed by atoms with Gasteiger partial charge in [0.25, 0.3) is 0 Å². The molecule has 2 saturated heterocycles. The van der Waals surface area contributed by atoms with E-state index in [2.05, 4.69) is 20.9 Å². The molecule has 4 heterocycles. The number of halogens is 2. The number of ether oxygens (including phenoxy) is 2. The van der Waals surface area contributed by atoms with Crippen molar-refractivity contribution in [3.8, 4) is 29.1 Å². The predicted octanol–water partition coefficient (Wildman–Crippen LogP) is 6.29. The van der Waals surface area contributed by atoms with E-state index in [-0.39, 0.29) is 52.5 Å². The molecule has 4 fully saturated rings. The Morgan fingerprint density at radius 3 is 2.76 bits per heavy atom. The second-order valence-electron chi connectivity index (χ2n) is 15.3. The molecular weight excluding hydrogens is 654 g/mol. The maximum absolute atomic E-state index is 17.0. The molecule has 4 aliphatic rings. The first kappa shape index (κ1) is 33.9. The molecule has 0 radical (unpaired) electrons. The maximum Gasteiger partial charge on any atom is 0.319 e. The average Bonchev–Trinajstić information content (AvgIpc) is 3.43. The van der Waals surface area contributed by atoms with Crippen LogP contribution in [0.4, 0.5) is 14.6 Å². The molecule has 2 aliphatic carbocycles. The number of anilines is 1. The minimum atomic E-state index is -0.777. The number of hydrogen-bond donors (Lipinski definition) is 2. The van der Waals surface area contributed by atoms with E-state index >= 15 is 8.78 Å². The zero-order valence-corrected chi connectivity index (χ0v) is 29.2. The summed E-state index contributed by atoms with van der Waals surface area (Å²) in [7, 11) is 0. The third kappa shape index (κ3) is 5.93. The number of rotatable bonds is 7. The van der Waals surface area contributed by atoms with Crippen molar-refractivity contribution in [1.82, 2.24) is 19.9 Å². The maximum atomic E-state index is 17.0. The molecule has 0 spiro atoms. The number of pyridine rings is 1. The Hall–Kier alpha value is -4.18. The molecule has 2 aromatic heterocycles. The van der Waals surface area contributed by atoms with E-state index < -0.39 is 17.7 Å². The highest BCUT2D eigenvalue weighted by Crippen LogP contribution is 2.53. The number of aliphatic hydroxyl groups excluding tert-OH is 1. The van der Waals surface area contributed by atoms with Gasteiger partial charge in [-0.15, -0.1) is 0 Å². The highest BCUT2D eigenvalue weighted by Gasteiger charge is 2.53. The lowest BCUT2D eigenvalue weighted by Gasteiger charge is -2.54. The summed E-state index contributed by atoms with van der Waals surface area (Å²) in [4.78, 5) is 18.5. The minimum absolute atomic E-state index is 0.0124. The fourth-order valence-electron chi connectivity index (χ4n) is 9.42. The van der Waals surface area contributed by atoms with Gasteiger partial charge in [0, 0.05) is 42.3 Å². The normalized spacial score (nSPS) is 28.3. The summed E-state index contributed by atoms with van der Waals surface area (Å²) in [5.41, 5.74) is 0.227. The van der Waals surface area contributed by atoms with Gasteiger partial charge in [0.1, 0.15) is 28.6 Å². The Bertz CT molecular complexity index is 2030. The molecule has 268 valence electrons. The second-order valence-corrected chi connectivity index (χ2v) is 15.3. The van der Waals surface area contributed by atoms with E-state index in [1.54, 1.807) is 6.07 Å². The van der Waals surface area contributed by atoms with Gasteiger partial charge < -0.3 is 24.6 Å². The number of benzene rings is 2. The van der Waals surface area contributed by atoms with Crippen LogP contribution in [0.1, 0.15) is 64.4 Å². The highest BCUT2D eigenvalue weighted by molar-refractivity contribution is 6.01.